The van der Waals surface area contributed by atoms with E-state index in [1.165, 1.54) is 30.5 Å². The summed E-state index contributed by atoms with van der Waals surface area (Å²) in [5, 5.41) is 3.38. The lowest BCUT2D eigenvalue weighted by atomic mass is 10.2. The van der Waals surface area contributed by atoms with Crippen molar-refractivity contribution >= 4 is 34.8 Å². The Balaban J connectivity index is 1.62. The van der Waals surface area contributed by atoms with Crippen LogP contribution >= 0.6 is 11.6 Å². The lowest BCUT2D eigenvalue weighted by Gasteiger charge is -2.19. The standard InChI is InChI=1S/C23H22ClFN6O3/c1-13(22(32)30(2)3)34-14-7-8-17(19(10-14)33-4)28-23-27-11-15(24)20(29-23)18-12-26-21-16(25)6-5-9-31(18)21/h5-13H,1-4H3,(H,27,28,29)/t13-/m1/s1. The second-order valence-electron chi connectivity index (χ2n) is 7.56. The van der Waals surface area contributed by atoms with E-state index >= 15 is 0 Å². The molecule has 34 heavy (non-hydrogen) atoms. The molecule has 0 aliphatic heterocycles. The lowest BCUT2D eigenvalue weighted by molar-refractivity contribution is -0.135. The number of anilines is 2. The van der Waals surface area contributed by atoms with Crippen molar-refractivity contribution in [2.45, 2.75) is 13.0 Å². The van der Waals surface area contributed by atoms with Crippen molar-refractivity contribution in [3.8, 4) is 22.9 Å². The monoisotopic (exact) mass is 484 g/mol. The number of likely N-dealkylation sites (N-methyl/N-ethyl adjacent to an activating group) is 1. The number of pyridine rings is 1. The van der Waals surface area contributed by atoms with Gasteiger partial charge in [-0.2, -0.15) is 0 Å². The van der Waals surface area contributed by atoms with Gasteiger partial charge in [-0.15, -0.1) is 0 Å². The fraction of sp³-hybridized carbons (Fsp3) is 0.217. The number of carbonyl (C=O) groups is 1. The number of imidazole rings is 1. The van der Waals surface area contributed by atoms with Crippen LogP contribution in [0.4, 0.5) is 16.0 Å². The molecule has 0 spiro atoms. The van der Waals surface area contributed by atoms with Crippen molar-refractivity contribution in [2.24, 2.45) is 0 Å². The molecule has 0 aliphatic carbocycles. The molecule has 1 N–H and O–H groups in total. The van der Waals surface area contributed by atoms with Crippen LogP contribution in [0.1, 0.15) is 6.92 Å². The highest BCUT2D eigenvalue weighted by Gasteiger charge is 2.18. The van der Waals surface area contributed by atoms with Gasteiger partial charge in [0.2, 0.25) is 5.95 Å². The van der Waals surface area contributed by atoms with Crippen LogP contribution in [0.25, 0.3) is 17.0 Å². The predicted molar refractivity (Wildman–Crippen MR) is 126 cm³/mol. The smallest absolute Gasteiger partial charge is 0.262 e. The number of aromatic nitrogens is 4. The summed E-state index contributed by atoms with van der Waals surface area (Å²) < 4.78 is 26.8. The van der Waals surface area contributed by atoms with Gasteiger partial charge in [-0.25, -0.2) is 19.3 Å². The third kappa shape index (κ3) is 4.58. The average molecular weight is 485 g/mol. The number of hydrogen-bond donors (Lipinski definition) is 1. The molecule has 0 radical (unpaired) electrons. The van der Waals surface area contributed by atoms with Crippen molar-refractivity contribution in [2.75, 3.05) is 26.5 Å². The van der Waals surface area contributed by atoms with Gasteiger partial charge in [-0.05, 0) is 31.2 Å². The quantitative estimate of drug-likeness (QED) is 0.420. The number of hydrogen-bond acceptors (Lipinski definition) is 7. The summed E-state index contributed by atoms with van der Waals surface area (Å²) in [7, 11) is 4.85. The Kier molecular flexibility index (Phi) is 6.51. The summed E-state index contributed by atoms with van der Waals surface area (Å²) in [5.41, 5.74) is 1.63. The summed E-state index contributed by atoms with van der Waals surface area (Å²) >= 11 is 6.35. The van der Waals surface area contributed by atoms with Crippen LogP contribution in [0.5, 0.6) is 11.5 Å². The fourth-order valence-electron chi connectivity index (χ4n) is 3.35. The van der Waals surface area contributed by atoms with Gasteiger partial charge in [-0.3, -0.25) is 9.20 Å². The number of rotatable bonds is 7. The number of carbonyl (C=O) groups excluding carboxylic acids is 1. The maximum absolute atomic E-state index is 14.1. The minimum atomic E-state index is -0.656. The summed E-state index contributed by atoms with van der Waals surface area (Å²) in [6, 6.07) is 7.99. The molecule has 3 heterocycles. The number of fused-ring (bicyclic) bond motifs is 1. The molecular weight excluding hydrogens is 463 g/mol. The van der Waals surface area contributed by atoms with E-state index in [0.717, 1.165) is 0 Å². The molecule has 0 bridgehead atoms. The molecule has 0 saturated carbocycles. The Morgan fingerprint density at radius 2 is 2.03 bits per heavy atom. The van der Waals surface area contributed by atoms with E-state index in [1.807, 2.05) is 0 Å². The number of nitrogens with one attached hydrogen (secondary N) is 1. The second-order valence-corrected chi connectivity index (χ2v) is 7.97. The van der Waals surface area contributed by atoms with Gasteiger partial charge in [0.15, 0.2) is 17.6 Å². The summed E-state index contributed by atoms with van der Waals surface area (Å²) in [4.78, 5) is 26.4. The Hall–Kier alpha value is -3.92. The van der Waals surface area contributed by atoms with E-state index in [-0.39, 0.29) is 22.5 Å². The molecule has 4 aromatic rings. The number of halogens is 2. The summed E-state index contributed by atoms with van der Waals surface area (Å²) in [5.74, 6) is 0.560. The largest absolute Gasteiger partial charge is 0.494 e. The third-order valence-electron chi connectivity index (χ3n) is 5.00. The normalized spacial score (nSPS) is 11.8. The zero-order valence-electron chi connectivity index (χ0n) is 18.9. The first-order valence-electron chi connectivity index (χ1n) is 10.3. The first-order valence-corrected chi connectivity index (χ1v) is 10.6. The Bertz CT molecular complexity index is 1360. The van der Waals surface area contributed by atoms with Gasteiger partial charge in [-0.1, -0.05) is 11.6 Å². The first-order chi connectivity index (χ1) is 16.3. The Labute approximate surface area is 200 Å². The molecule has 1 amide bonds. The second kappa shape index (κ2) is 9.52. The number of ether oxygens (including phenoxy) is 2. The Morgan fingerprint density at radius 3 is 2.76 bits per heavy atom. The molecule has 0 saturated heterocycles. The first kappa shape index (κ1) is 23.2. The minimum absolute atomic E-state index is 0.157. The molecule has 4 rings (SSSR count). The van der Waals surface area contributed by atoms with E-state index in [1.54, 1.807) is 55.9 Å². The minimum Gasteiger partial charge on any atom is -0.494 e. The zero-order valence-corrected chi connectivity index (χ0v) is 19.7. The van der Waals surface area contributed by atoms with Crippen molar-refractivity contribution in [1.29, 1.82) is 0 Å². The van der Waals surface area contributed by atoms with E-state index < -0.39 is 11.9 Å². The molecule has 1 aromatic carbocycles. The van der Waals surface area contributed by atoms with Crippen molar-refractivity contribution in [3.05, 3.63) is 59.8 Å². The van der Waals surface area contributed by atoms with Crippen molar-refractivity contribution in [1.82, 2.24) is 24.3 Å². The molecule has 9 nitrogen and oxygen atoms in total. The number of amides is 1. The van der Waals surface area contributed by atoms with Crippen LogP contribution in [0, 0.1) is 5.82 Å². The molecule has 1 atom stereocenters. The highest BCUT2D eigenvalue weighted by Crippen LogP contribution is 2.33. The van der Waals surface area contributed by atoms with Crippen molar-refractivity contribution < 1.29 is 18.7 Å². The summed E-state index contributed by atoms with van der Waals surface area (Å²) in [6.45, 7) is 1.68. The number of nitrogens with zero attached hydrogens (tertiary/aromatic N) is 5. The number of methoxy groups -OCH3 is 1. The van der Waals surface area contributed by atoms with Crippen LogP contribution in [0.15, 0.2) is 48.9 Å². The van der Waals surface area contributed by atoms with E-state index in [4.69, 9.17) is 21.1 Å². The van der Waals surface area contributed by atoms with Crippen molar-refractivity contribution in [3.63, 3.8) is 0 Å². The molecule has 3 aromatic heterocycles. The van der Waals surface area contributed by atoms with E-state index in [2.05, 4.69) is 20.3 Å². The molecule has 0 fully saturated rings. The Morgan fingerprint density at radius 1 is 1.24 bits per heavy atom. The highest BCUT2D eigenvalue weighted by molar-refractivity contribution is 6.32. The molecule has 0 aliphatic rings. The van der Waals surface area contributed by atoms with E-state index in [9.17, 15) is 9.18 Å². The van der Waals surface area contributed by atoms with Crippen LogP contribution in [-0.4, -0.2) is 57.5 Å². The van der Waals surface area contributed by atoms with Gasteiger partial charge in [0.25, 0.3) is 5.91 Å². The SMILES string of the molecule is COc1cc(O[C@H](C)C(=O)N(C)C)ccc1Nc1ncc(Cl)c(-c2cnc3c(F)cccn23)n1. The van der Waals surface area contributed by atoms with E-state index in [0.29, 0.717) is 28.6 Å². The van der Waals surface area contributed by atoms with Gasteiger partial charge in [0.1, 0.15) is 17.2 Å². The van der Waals surface area contributed by atoms with Crippen LogP contribution in [-0.2, 0) is 4.79 Å². The van der Waals surface area contributed by atoms with Crippen LogP contribution < -0.4 is 14.8 Å². The topological polar surface area (TPSA) is 93.9 Å². The fourth-order valence-corrected chi connectivity index (χ4v) is 3.53. The number of benzene rings is 1. The van der Waals surface area contributed by atoms with Gasteiger partial charge < -0.3 is 19.7 Å². The highest BCUT2D eigenvalue weighted by atomic mass is 35.5. The third-order valence-corrected chi connectivity index (χ3v) is 5.27. The maximum atomic E-state index is 14.1. The van der Waals surface area contributed by atoms with Gasteiger partial charge in [0, 0.05) is 26.4 Å². The zero-order chi connectivity index (χ0) is 24.4. The van der Waals surface area contributed by atoms with Crippen LogP contribution in [0.2, 0.25) is 5.02 Å². The maximum Gasteiger partial charge on any atom is 0.262 e. The van der Waals surface area contributed by atoms with Crippen LogP contribution in [0.3, 0.4) is 0 Å². The van der Waals surface area contributed by atoms with Gasteiger partial charge in [0.05, 0.1) is 35.9 Å². The molecule has 0 unspecified atom stereocenters. The molecular formula is C23H22ClFN6O3. The lowest BCUT2D eigenvalue weighted by Crippen LogP contribution is -2.35. The van der Waals surface area contributed by atoms with Gasteiger partial charge >= 0.3 is 0 Å². The average Bonchev–Trinajstić information content (AvgIpc) is 3.26. The molecule has 11 heteroatoms. The summed E-state index contributed by atoms with van der Waals surface area (Å²) in [6.07, 6.45) is 3.97. The molecule has 176 valence electrons. The predicted octanol–water partition coefficient (Wildman–Crippen LogP) is 4.19.